The molecular formula is C28H42N2O. The first-order valence-electron chi connectivity index (χ1n) is 12.8. The van der Waals surface area contributed by atoms with Crippen molar-refractivity contribution in [2.45, 2.75) is 103 Å². The molecular weight excluding hydrogens is 380 g/mol. The van der Waals surface area contributed by atoms with E-state index in [4.69, 9.17) is 14.7 Å². The molecule has 3 rings (SSSR count). The highest BCUT2D eigenvalue weighted by Gasteiger charge is 2.23. The van der Waals surface area contributed by atoms with E-state index in [1.165, 1.54) is 75.3 Å². The van der Waals surface area contributed by atoms with E-state index in [0.717, 1.165) is 43.4 Å². The molecule has 1 aromatic carbocycles. The molecule has 0 amide bonds. The maximum Gasteiger partial charge on any atom is 0.131 e. The number of hydrogen-bond donors (Lipinski definition) is 0. The van der Waals surface area contributed by atoms with Crippen LogP contribution >= 0.6 is 0 Å². The lowest BCUT2D eigenvalue weighted by molar-refractivity contribution is 0.297. The van der Waals surface area contributed by atoms with Gasteiger partial charge in [0.2, 0.25) is 0 Å². The maximum absolute atomic E-state index is 5.81. The van der Waals surface area contributed by atoms with Crippen molar-refractivity contribution in [3.63, 3.8) is 0 Å². The molecule has 3 heteroatoms. The fourth-order valence-electron chi connectivity index (χ4n) is 4.68. The smallest absolute Gasteiger partial charge is 0.131 e. The first-order valence-corrected chi connectivity index (χ1v) is 12.8. The van der Waals surface area contributed by atoms with Gasteiger partial charge in [-0.25, -0.2) is 9.97 Å². The van der Waals surface area contributed by atoms with Gasteiger partial charge in [-0.1, -0.05) is 64.5 Å². The number of benzene rings is 1. The van der Waals surface area contributed by atoms with E-state index < -0.39 is 0 Å². The average molecular weight is 423 g/mol. The monoisotopic (exact) mass is 422 g/mol. The third-order valence-corrected chi connectivity index (χ3v) is 6.80. The molecule has 1 aromatic heterocycles. The van der Waals surface area contributed by atoms with Gasteiger partial charge >= 0.3 is 0 Å². The summed E-state index contributed by atoms with van der Waals surface area (Å²) < 4.78 is 5.81. The zero-order valence-corrected chi connectivity index (χ0v) is 19.8. The highest BCUT2D eigenvalue weighted by atomic mass is 16.5. The van der Waals surface area contributed by atoms with Crippen LogP contribution in [0.5, 0.6) is 5.75 Å². The molecule has 0 spiro atoms. The Hall–Kier alpha value is -1.90. The minimum absolute atomic E-state index is 0.571. The van der Waals surface area contributed by atoms with Crippen molar-refractivity contribution in [3.8, 4) is 5.75 Å². The molecule has 0 N–H and O–H groups in total. The van der Waals surface area contributed by atoms with Crippen molar-refractivity contribution in [2.24, 2.45) is 5.92 Å². The molecule has 3 nitrogen and oxygen atoms in total. The molecule has 2 aromatic rings. The number of aromatic nitrogens is 2. The van der Waals surface area contributed by atoms with Crippen molar-refractivity contribution < 1.29 is 4.74 Å². The van der Waals surface area contributed by atoms with Gasteiger partial charge in [-0.2, -0.15) is 0 Å². The Bertz CT molecular complexity index is 718. The summed E-state index contributed by atoms with van der Waals surface area (Å²) in [7, 11) is 0. The van der Waals surface area contributed by atoms with Gasteiger partial charge in [-0.05, 0) is 74.1 Å². The van der Waals surface area contributed by atoms with E-state index in [1.54, 1.807) is 0 Å². The van der Waals surface area contributed by atoms with Gasteiger partial charge in [-0.15, -0.1) is 0 Å². The van der Waals surface area contributed by atoms with E-state index in [9.17, 15) is 0 Å². The summed E-state index contributed by atoms with van der Waals surface area (Å²) in [6.07, 6.45) is 20.5. The number of rotatable bonds is 13. The zero-order valence-electron chi connectivity index (χ0n) is 19.8. The Morgan fingerprint density at radius 3 is 2.10 bits per heavy atom. The number of unbranched alkanes of at least 4 members (excludes halogenated alkanes) is 4. The van der Waals surface area contributed by atoms with E-state index in [0.29, 0.717) is 5.92 Å². The molecule has 0 saturated heterocycles. The molecule has 0 atom stereocenters. The van der Waals surface area contributed by atoms with Crippen LogP contribution in [0.1, 0.15) is 107 Å². The second-order valence-electron chi connectivity index (χ2n) is 9.36. The number of aryl methyl sites for hydroxylation is 2. The van der Waals surface area contributed by atoms with Crippen LogP contribution in [0, 0.1) is 5.92 Å². The van der Waals surface area contributed by atoms with E-state index in [2.05, 4.69) is 50.5 Å². The Labute approximate surface area is 190 Å². The van der Waals surface area contributed by atoms with Gasteiger partial charge in [0.15, 0.2) is 0 Å². The van der Waals surface area contributed by atoms with E-state index in [1.807, 2.05) is 0 Å². The van der Waals surface area contributed by atoms with Crippen LogP contribution in [0.15, 0.2) is 36.7 Å². The Morgan fingerprint density at radius 2 is 1.42 bits per heavy atom. The second kappa shape index (κ2) is 13.5. The fraction of sp³-hybridized carbons (Fsp3) is 0.643. The Morgan fingerprint density at radius 1 is 0.774 bits per heavy atom. The van der Waals surface area contributed by atoms with Gasteiger partial charge < -0.3 is 4.74 Å². The van der Waals surface area contributed by atoms with Crippen LogP contribution in [0.2, 0.25) is 0 Å². The van der Waals surface area contributed by atoms with E-state index >= 15 is 0 Å². The highest BCUT2D eigenvalue weighted by Crippen LogP contribution is 2.36. The van der Waals surface area contributed by atoms with Crippen LogP contribution in [0.25, 0.3) is 0 Å². The zero-order chi connectivity index (χ0) is 21.7. The van der Waals surface area contributed by atoms with Gasteiger partial charge in [-0.3, -0.25) is 0 Å². The molecule has 1 saturated carbocycles. The number of nitrogens with zero attached hydrogens (tertiary/aromatic N) is 2. The first kappa shape index (κ1) is 23.8. The first-order chi connectivity index (χ1) is 15.3. The summed E-state index contributed by atoms with van der Waals surface area (Å²) in [5.41, 5.74) is 2.57. The summed E-state index contributed by atoms with van der Waals surface area (Å²) in [6, 6.07) is 8.56. The third-order valence-electron chi connectivity index (χ3n) is 6.80. The summed E-state index contributed by atoms with van der Waals surface area (Å²) in [6.45, 7) is 5.32. The van der Waals surface area contributed by atoms with Crippen LogP contribution in [-0.2, 0) is 12.8 Å². The van der Waals surface area contributed by atoms with Crippen molar-refractivity contribution in [3.05, 3.63) is 53.6 Å². The minimum atomic E-state index is 0.571. The number of hydrogen-bond acceptors (Lipinski definition) is 3. The molecule has 0 bridgehead atoms. The molecule has 1 heterocycles. The van der Waals surface area contributed by atoms with Crippen LogP contribution < -0.4 is 4.74 Å². The molecule has 1 fully saturated rings. The number of ether oxygens (including phenoxy) is 1. The van der Waals surface area contributed by atoms with Gasteiger partial charge in [0.1, 0.15) is 11.6 Å². The molecule has 0 radical (unpaired) electrons. The second-order valence-corrected chi connectivity index (χ2v) is 9.36. The minimum Gasteiger partial charge on any atom is -0.494 e. The van der Waals surface area contributed by atoms with E-state index in [-0.39, 0.29) is 0 Å². The quantitative estimate of drug-likeness (QED) is 0.310. The fourth-order valence-corrected chi connectivity index (χ4v) is 4.68. The normalized spacial score (nSPS) is 18.8. The topological polar surface area (TPSA) is 35.0 Å². The standard InChI is InChI=1S/C28H42N2O/c1-3-5-7-9-23-12-16-26(17-13-23)28-29-21-25(22-30-28)11-10-24-14-18-27(19-15-24)31-20-8-6-4-2/h14-15,18-19,21-23,26H,3-13,16-17,20H2,1-2H3/t23-,26-. The Kier molecular flexibility index (Phi) is 10.3. The summed E-state index contributed by atoms with van der Waals surface area (Å²) in [5, 5.41) is 0. The van der Waals surface area contributed by atoms with Crippen LogP contribution in [0.4, 0.5) is 0 Å². The maximum atomic E-state index is 5.81. The van der Waals surface area contributed by atoms with Crippen LogP contribution in [-0.4, -0.2) is 16.6 Å². The SMILES string of the molecule is CCCCCOc1ccc(CCc2cnc([C@H]3CC[C@H](CCCCC)CC3)nc2)cc1. The largest absolute Gasteiger partial charge is 0.494 e. The lowest BCUT2D eigenvalue weighted by Gasteiger charge is -2.27. The molecule has 1 aliphatic carbocycles. The third kappa shape index (κ3) is 8.27. The van der Waals surface area contributed by atoms with Crippen molar-refractivity contribution in [2.75, 3.05) is 6.61 Å². The molecule has 0 unspecified atom stereocenters. The highest BCUT2D eigenvalue weighted by molar-refractivity contribution is 5.28. The lowest BCUT2D eigenvalue weighted by Crippen LogP contribution is -2.15. The molecule has 31 heavy (non-hydrogen) atoms. The van der Waals surface area contributed by atoms with Crippen molar-refractivity contribution >= 4 is 0 Å². The van der Waals surface area contributed by atoms with Crippen molar-refractivity contribution in [1.82, 2.24) is 9.97 Å². The van der Waals surface area contributed by atoms with Gasteiger partial charge in [0.05, 0.1) is 6.61 Å². The Balaban J connectivity index is 1.39. The average Bonchev–Trinajstić information content (AvgIpc) is 2.82. The summed E-state index contributed by atoms with van der Waals surface area (Å²) in [4.78, 5) is 9.49. The molecule has 1 aliphatic rings. The van der Waals surface area contributed by atoms with Crippen LogP contribution in [0.3, 0.4) is 0 Å². The van der Waals surface area contributed by atoms with Gasteiger partial charge in [0.25, 0.3) is 0 Å². The summed E-state index contributed by atoms with van der Waals surface area (Å²) >= 11 is 0. The predicted molar refractivity (Wildman–Crippen MR) is 130 cm³/mol. The molecule has 0 aliphatic heterocycles. The van der Waals surface area contributed by atoms with Crippen molar-refractivity contribution in [1.29, 1.82) is 0 Å². The van der Waals surface area contributed by atoms with Gasteiger partial charge in [0, 0.05) is 18.3 Å². The lowest BCUT2D eigenvalue weighted by atomic mass is 9.79. The predicted octanol–water partition coefficient (Wildman–Crippen LogP) is 7.68. The molecule has 170 valence electrons. The summed E-state index contributed by atoms with van der Waals surface area (Å²) in [5.74, 6) is 3.56.